The van der Waals surface area contributed by atoms with Gasteiger partial charge in [0.15, 0.2) is 0 Å². The first-order valence-electron chi connectivity index (χ1n) is 7.22. The molecule has 0 atom stereocenters. The normalized spacial score (nSPS) is 9.89. The molecule has 0 aliphatic rings. The van der Waals surface area contributed by atoms with Crippen LogP contribution in [0.25, 0.3) is 0 Å². The van der Waals surface area contributed by atoms with Crippen molar-refractivity contribution in [3.63, 3.8) is 0 Å². The van der Waals surface area contributed by atoms with Gasteiger partial charge in [0.25, 0.3) is 0 Å². The van der Waals surface area contributed by atoms with E-state index in [0.717, 1.165) is 12.8 Å². The van der Waals surface area contributed by atoms with Crippen LogP contribution in [0.1, 0.15) is 84.0 Å². The Morgan fingerprint density at radius 3 is 1.61 bits per heavy atom. The first-order chi connectivity index (χ1) is 8.31. The summed E-state index contributed by atoms with van der Waals surface area (Å²) < 4.78 is 0. The summed E-state index contributed by atoms with van der Waals surface area (Å²) in [6.45, 7) is 2.24. The van der Waals surface area contributed by atoms with Crippen LogP contribution in [-0.4, -0.2) is 5.91 Å². The molecule has 1 N–H and O–H groups in total. The van der Waals surface area contributed by atoms with Gasteiger partial charge in [-0.15, -0.1) is 0 Å². The van der Waals surface area contributed by atoms with Crippen molar-refractivity contribution in [2.45, 2.75) is 84.0 Å². The molecule has 0 bridgehead atoms. The molecule has 0 heterocycles. The van der Waals surface area contributed by atoms with Crippen molar-refractivity contribution >= 4 is 5.91 Å². The molecule has 0 aromatic heterocycles. The third kappa shape index (κ3) is 17.1. The van der Waals surface area contributed by atoms with Crippen molar-refractivity contribution in [3.8, 4) is 0 Å². The van der Waals surface area contributed by atoms with Crippen molar-refractivity contribution in [2.75, 3.05) is 0 Å². The van der Waals surface area contributed by atoms with Crippen LogP contribution in [0, 0.1) is 5.21 Å². The van der Waals surface area contributed by atoms with Crippen molar-refractivity contribution in [3.05, 3.63) is 5.21 Å². The molecule has 0 aliphatic carbocycles. The second-order valence-electron chi connectivity index (χ2n) is 4.81. The molecule has 102 valence electrons. The minimum absolute atomic E-state index is 0. The average Bonchev–Trinajstić information content (AvgIpc) is 2.35. The van der Waals surface area contributed by atoms with Crippen LogP contribution in [0.2, 0.25) is 0 Å². The van der Waals surface area contributed by atoms with Gasteiger partial charge in [-0.25, -0.2) is 0 Å². The topological polar surface area (TPSA) is 52.2 Å². The van der Waals surface area contributed by atoms with Gasteiger partial charge in [-0.05, 0) is 6.42 Å². The molecule has 0 fully saturated rings. The number of unbranched alkanes of at least 4 members (excludes halogenated alkanes) is 10. The van der Waals surface area contributed by atoms with Gasteiger partial charge < -0.3 is 10.7 Å². The van der Waals surface area contributed by atoms with E-state index in [1.807, 2.05) is 0 Å². The SMILES string of the molecule is CCCCCCCCCCCCCC(=O)N[O-].[K+]. The third-order valence-corrected chi connectivity index (χ3v) is 3.12. The summed E-state index contributed by atoms with van der Waals surface area (Å²) in [5.41, 5.74) is 1.41. The number of hydroxylamine groups is 1. The Morgan fingerprint density at radius 2 is 1.22 bits per heavy atom. The van der Waals surface area contributed by atoms with E-state index in [0.29, 0.717) is 6.42 Å². The summed E-state index contributed by atoms with van der Waals surface area (Å²) in [6.07, 6.45) is 14.3. The van der Waals surface area contributed by atoms with Gasteiger partial charge in [0.2, 0.25) is 5.91 Å². The standard InChI is InChI=1S/C14H28NO2.K/c1-2-3-4-5-6-7-8-9-10-11-12-13-14(16)15-17;/h2-13H2,1H3,(H-,15,16,17);/q-1;+1. The molecule has 1 amide bonds. The smallest absolute Gasteiger partial charge is 0.759 e. The molecule has 0 aliphatic heterocycles. The number of amides is 1. The summed E-state index contributed by atoms with van der Waals surface area (Å²) in [4.78, 5) is 10.6. The molecular formula is C14H28KNO2. The first-order valence-corrected chi connectivity index (χ1v) is 7.22. The number of carbonyl (C=O) groups excluding carboxylic acids is 1. The minimum Gasteiger partial charge on any atom is -0.759 e. The Bertz CT molecular complexity index is 177. The largest absolute Gasteiger partial charge is 1.00 e. The van der Waals surface area contributed by atoms with E-state index in [-0.39, 0.29) is 57.3 Å². The van der Waals surface area contributed by atoms with Crippen LogP contribution in [0.15, 0.2) is 0 Å². The third-order valence-electron chi connectivity index (χ3n) is 3.12. The summed E-state index contributed by atoms with van der Waals surface area (Å²) in [5.74, 6) is -0.374. The molecule has 0 saturated heterocycles. The van der Waals surface area contributed by atoms with Crippen molar-refractivity contribution in [1.29, 1.82) is 0 Å². The van der Waals surface area contributed by atoms with Gasteiger partial charge in [0.05, 0.1) is 0 Å². The van der Waals surface area contributed by atoms with Crippen LogP contribution >= 0.6 is 0 Å². The Morgan fingerprint density at radius 1 is 0.833 bits per heavy atom. The molecule has 3 nitrogen and oxygen atoms in total. The van der Waals surface area contributed by atoms with Gasteiger partial charge in [0.1, 0.15) is 0 Å². The quantitative estimate of drug-likeness (QED) is 0.333. The van der Waals surface area contributed by atoms with E-state index in [2.05, 4.69) is 6.92 Å². The fraction of sp³-hybridized carbons (Fsp3) is 0.929. The van der Waals surface area contributed by atoms with E-state index in [4.69, 9.17) is 0 Å². The van der Waals surface area contributed by atoms with Gasteiger partial charge >= 0.3 is 51.4 Å². The van der Waals surface area contributed by atoms with Crippen LogP contribution in [0.3, 0.4) is 0 Å². The maximum absolute atomic E-state index is 10.6. The summed E-state index contributed by atoms with van der Waals surface area (Å²) in [5, 5.41) is 9.94. The number of hydrogen-bond donors (Lipinski definition) is 1. The zero-order chi connectivity index (χ0) is 12.8. The number of nitrogens with one attached hydrogen (secondary N) is 1. The molecule has 0 rings (SSSR count). The maximum atomic E-state index is 10.6. The summed E-state index contributed by atoms with van der Waals surface area (Å²) in [6, 6.07) is 0. The van der Waals surface area contributed by atoms with Gasteiger partial charge in [-0.3, -0.25) is 4.79 Å². The fourth-order valence-electron chi connectivity index (χ4n) is 2.00. The Labute approximate surface area is 155 Å². The van der Waals surface area contributed by atoms with Crippen molar-refractivity contribution < 1.29 is 56.2 Å². The van der Waals surface area contributed by atoms with E-state index in [9.17, 15) is 10.0 Å². The monoisotopic (exact) mass is 281 g/mol. The molecule has 0 aromatic carbocycles. The Kier molecular flexibility index (Phi) is 21.4. The summed E-state index contributed by atoms with van der Waals surface area (Å²) in [7, 11) is 0. The zero-order valence-electron chi connectivity index (χ0n) is 12.3. The van der Waals surface area contributed by atoms with Gasteiger partial charge in [-0.1, -0.05) is 71.1 Å². The fourth-order valence-corrected chi connectivity index (χ4v) is 2.00. The van der Waals surface area contributed by atoms with Crippen molar-refractivity contribution in [1.82, 2.24) is 5.48 Å². The Balaban J connectivity index is 0. The molecule has 18 heavy (non-hydrogen) atoms. The second kappa shape index (κ2) is 18.1. The maximum Gasteiger partial charge on any atom is 1.00 e. The predicted octanol–water partition coefficient (Wildman–Crippen LogP) is 1.31. The van der Waals surface area contributed by atoms with Gasteiger partial charge in [-0.2, -0.15) is 0 Å². The number of hydrogen-bond acceptors (Lipinski definition) is 2. The molecule has 0 spiro atoms. The van der Waals surface area contributed by atoms with Crippen molar-refractivity contribution in [2.24, 2.45) is 0 Å². The molecule has 0 saturated carbocycles. The van der Waals surface area contributed by atoms with E-state index >= 15 is 0 Å². The van der Waals surface area contributed by atoms with Crippen LogP contribution < -0.4 is 56.9 Å². The number of rotatable bonds is 12. The molecule has 0 radical (unpaired) electrons. The van der Waals surface area contributed by atoms with Gasteiger partial charge in [0, 0.05) is 6.42 Å². The average molecular weight is 281 g/mol. The molecular weight excluding hydrogens is 253 g/mol. The molecule has 0 unspecified atom stereocenters. The number of carbonyl (C=O) groups is 1. The second-order valence-corrected chi connectivity index (χ2v) is 4.81. The first kappa shape index (κ1) is 21.4. The van der Waals surface area contributed by atoms with Crippen LogP contribution in [-0.2, 0) is 4.79 Å². The zero-order valence-corrected chi connectivity index (χ0v) is 15.4. The Hall–Kier alpha value is 1.07. The van der Waals surface area contributed by atoms with Crippen LogP contribution in [0.4, 0.5) is 0 Å². The molecule has 0 aromatic rings. The molecule has 4 heteroatoms. The summed E-state index contributed by atoms with van der Waals surface area (Å²) >= 11 is 0. The predicted molar refractivity (Wildman–Crippen MR) is 72.6 cm³/mol. The minimum atomic E-state index is -0.374. The van der Waals surface area contributed by atoms with E-state index in [1.165, 1.54) is 63.3 Å². The van der Waals surface area contributed by atoms with E-state index in [1.54, 1.807) is 0 Å². The van der Waals surface area contributed by atoms with E-state index < -0.39 is 0 Å². The van der Waals surface area contributed by atoms with Crippen LogP contribution in [0.5, 0.6) is 0 Å².